The van der Waals surface area contributed by atoms with Gasteiger partial charge in [0.05, 0.1) is 27.4 Å². The van der Waals surface area contributed by atoms with Crippen molar-refractivity contribution in [3.63, 3.8) is 0 Å². The molecule has 3 aliphatic rings. The average Bonchev–Trinajstić information content (AvgIpc) is 3.46. The van der Waals surface area contributed by atoms with Gasteiger partial charge in [-0.3, -0.25) is 0 Å². The zero-order valence-corrected chi connectivity index (χ0v) is 27.2. The summed E-state index contributed by atoms with van der Waals surface area (Å²) in [4.78, 5) is 19.9. The van der Waals surface area contributed by atoms with Gasteiger partial charge in [0, 0.05) is 63.9 Å². The van der Waals surface area contributed by atoms with Gasteiger partial charge in [-0.25, -0.2) is 19.6 Å². The number of fused-ring (bicyclic) bond motifs is 2. The van der Waals surface area contributed by atoms with Crippen LogP contribution in [0.2, 0.25) is 0 Å². The van der Waals surface area contributed by atoms with Crippen LogP contribution >= 0.6 is 28.2 Å². The molecule has 5 atom stereocenters. The van der Waals surface area contributed by atoms with Crippen LogP contribution in [0.4, 0.5) is 0 Å². The van der Waals surface area contributed by atoms with Crippen molar-refractivity contribution in [2.75, 3.05) is 86.5 Å². The van der Waals surface area contributed by atoms with Crippen LogP contribution in [-0.4, -0.2) is 117 Å². The molecule has 1 fully saturated rings. The molecule has 0 spiro atoms. The maximum absolute atomic E-state index is 6.19. The van der Waals surface area contributed by atoms with E-state index in [0.717, 1.165) is 62.5 Å². The summed E-state index contributed by atoms with van der Waals surface area (Å²) in [6, 6.07) is 0.952. The quantitative estimate of drug-likeness (QED) is 0.0966. The molecule has 3 rings (SSSR count). The summed E-state index contributed by atoms with van der Waals surface area (Å²) in [6.07, 6.45) is 1.80. The van der Waals surface area contributed by atoms with Gasteiger partial charge in [-0.1, -0.05) is 0 Å². The second-order valence-corrected chi connectivity index (χ2v) is 15.3. The van der Waals surface area contributed by atoms with Gasteiger partial charge in [0.1, 0.15) is 25.4 Å². The summed E-state index contributed by atoms with van der Waals surface area (Å²) < 4.78 is 12.3. The summed E-state index contributed by atoms with van der Waals surface area (Å²) in [5, 5.41) is 17.8. The van der Waals surface area contributed by atoms with Gasteiger partial charge in [-0.2, -0.15) is 0 Å². The monoisotopic (exact) mass is 712 g/mol. The zero-order chi connectivity index (χ0) is 27.6. The van der Waals surface area contributed by atoms with E-state index >= 15 is 0 Å². The van der Waals surface area contributed by atoms with Crippen molar-refractivity contribution in [2.24, 2.45) is 0 Å². The van der Waals surface area contributed by atoms with E-state index in [-0.39, 0.29) is 18.2 Å². The van der Waals surface area contributed by atoms with Crippen LogP contribution < -0.4 is 26.6 Å². The fourth-order valence-electron chi connectivity index (χ4n) is 4.47. The van der Waals surface area contributed by atoms with E-state index in [1.165, 1.54) is 14.2 Å². The fraction of sp³-hybridized carbons (Fsp3) is 0.833. The van der Waals surface area contributed by atoms with Crippen LogP contribution in [0.25, 0.3) is 0 Å². The minimum absolute atomic E-state index is 0.141. The van der Waals surface area contributed by atoms with Gasteiger partial charge in [0.2, 0.25) is 0 Å². The molecule has 0 saturated carbocycles. The number of rotatable bonds is 10. The molecule has 0 amide bonds. The third-order valence-corrected chi connectivity index (χ3v) is 6.46. The first-order valence-corrected chi connectivity index (χ1v) is 18.8. The molecule has 2 bridgehead atoms. The first kappa shape index (κ1) is 34.7. The van der Waals surface area contributed by atoms with E-state index in [0.29, 0.717) is 49.9 Å². The molecule has 11 nitrogen and oxygen atoms in total. The summed E-state index contributed by atoms with van der Waals surface area (Å²) in [6.45, 7) is 12.7. The number of hydrogen-bond donors (Lipinski definition) is 5. The Labute approximate surface area is 247 Å². The van der Waals surface area contributed by atoms with Crippen LogP contribution in [0.15, 0.2) is 22.8 Å². The Morgan fingerprint density at radius 2 is 1.50 bits per heavy atom. The summed E-state index contributed by atoms with van der Waals surface area (Å²) in [7, 11) is 2.99. The van der Waals surface area contributed by atoms with E-state index in [1.807, 2.05) is 0 Å². The van der Waals surface area contributed by atoms with E-state index in [2.05, 4.69) is 74.7 Å². The first-order valence-electron chi connectivity index (χ1n) is 13.0. The van der Waals surface area contributed by atoms with Crippen LogP contribution in [0.1, 0.15) is 13.8 Å². The van der Waals surface area contributed by atoms with Crippen molar-refractivity contribution < 1.29 is 40.4 Å². The van der Waals surface area contributed by atoms with E-state index in [9.17, 15) is 0 Å². The molecular weight excluding hydrogens is 669 g/mol. The van der Waals surface area contributed by atoms with Crippen molar-refractivity contribution in [1.82, 2.24) is 26.6 Å². The molecule has 5 N–H and O–H groups in total. The zero-order valence-electron chi connectivity index (χ0n) is 22.8. The van der Waals surface area contributed by atoms with Gasteiger partial charge < -0.3 is 36.1 Å². The van der Waals surface area contributed by atoms with E-state index < -0.39 is 0 Å². The van der Waals surface area contributed by atoms with Crippen molar-refractivity contribution in [1.29, 1.82) is 0 Å². The molecule has 3 heterocycles. The average molecular weight is 714 g/mol. The van der Waals surface area contributed by atoms with Crippen molar-refractivity contribution in [3.05, 3.63) is 22.8 Å². The normalized spacial score (nSPS) is 29.3. The Hall–Kier alpha value is 0.519. The Balaban J connectivity index is 0.00000161. The van der Waals surface area contributed by atoms with Crippen LogP contribution in [0.3, 0.4) is 0 Å². The summed E-state index contributed by atoms with van der Waals surface area (Å²) in [5.41, 5.74) is 3.14. The molecule has 223 valence electrons. The van der Waals surface area contributed by atoms with Crippen LogP contribution in [-0.2, 0) is 40.4 Å². The molecule has 0 aliphatic carbocycles. The molecule has 38 heavy (non-hydrogen) atoms. The number of nitrogens with one attached hydrogen (secondary N) is 5. The summed E-state index contributed by atoms with van der Waals surface area (Å²) in [5.74, 6) is 0. The van der Waals surface area contributed by atoms with E-state index in [4.69, 9.17) is 29.0 Å². The minimum atomic E-state index is -0.173. The SMILES string of the molecule is COOCC1=C(COOC)C2OC1C=C2COC[C@H]1CN[C@H](C)CNCCNCCN[C@@H](C)CN1.[Br][Mn][Br]. The van der Waals surface area contributed by atoms with Gasteiger partial charge >= 0.3 is 39.6 Å². The molecule has 3 aliphatic heterocycles. The number of hydrogen-bond acceptors (Lipinski definition) is 11. The Bertz CT molecular complexity index is 691. The standard InChI is InChI=1S/C24H45N5O6.2BrH.Mn/c1-17-10-26-6-5-25-7-8-27-18(2)11-29-20(12-28-17)14-32-13-19-9-23-21(15-33-30-3)22(16-34-31-4)24(19)35-23;;;/h9,17-18,20,23-29H,5-8,10-16H2,1-4H3;2*1H;/q;;;+2/p-2/t17-,18+,20-,23?,24?;;;/m1.../s1. The molecule has 0 aromatic carbocycles. The Morgan fingerprint density at radius 1 is 0.842 bits per heavy atom. The predicted molar refractivity (Wildman–Crippen MR) is 151 cm³/mol. The number of halogens is 2. The second-order valence-electron chi connectivity index (χ2n) is 9.38. The third kappa shape index (κ3) is 13.0. The van der Waals surface area contributed by atoms with Gasteiger partial charge in [0.25, 0.3) is 0 Å². The topological polar surface area (TPSA) is 116 Å². The van der Waals surface area contributed by atoms with Gasteiger partial charge in [-0.05, 0) is 36.6 Å². The molecule has 0 aromatic rings. The van der Waals surface area contributed by atoms with Crippen molar-refractivity contribution in [2.45, 2.75) is 44.2 Å². The predicted octanol–water partition coefficient (Wildman–Crippen LogP) is 0.959. The summed E-state index contributed by atoms with van der Waals surface area (Å²) >= 11 is 6.88. The van der Waals surface area contributed by atoms with E-state index in [1.54, 1.807) is 0 Å². The molecule has 0 radical (unpaired) electrons. The second kappa shape index (κ2) is 21.3. The Morgan fingerprint density at radius 3 is 2.24 bits per heavy atom. The number of ether oxygens (including phenoxy) is 2. The maximum atomic E-state index is 6.19. The first-order chi connectivity index (χ1) is 18.5. The Kier molecular flexibility index (Phi) is 19.4. The van der Waals surface area contributed by atoms with Gasteiger partial charge in [-0.15, -0.1) is 0 Å². The van der Waals surface area contributed by atoms with Crippen LogP contribution in [0, 0.1) is 0 Å². The van der Waals surface area contributed by atoms with Crippen LogP contribution in [0.5, 0.6) is 0 Å². The third-order valence-electron chi connectivity index (χ3n) is 6.46. The van der Waals surface area contributed by atoms with Gasteiger partial charge in [0.15, 0.2) is 0 Å². The molecular formula is C24H45Br2MnN5O6. The molecule has 1 saturated heterocycles. The fourth-order valence-corrected chi connectivity index (χ4v) is 4.47. The molecule has 0 aromatic heterocycles. The molecule has 2 unspecified atom stereocenters. The van der Waals surface area contributed by atoms with Crippen molar-refractivity contribution >= 4 is 28.2 Å². The molecule has 14 heteroatoms. The van der Waals surface area contributed by atoms with Crippen molar-refractivity contribution in [3.8, 4) is 0 Å².